The minimum Gasteiger partial charge on any atom is -0.507 e. The minimum atomic E-state index is -0.690. The number of aryl methyl sites for hydroxylation is 1. The van der Waals surface area contributed by atoms with Gasteiger partial charge in [0, 0.05) is 11.9 Å². The van der Waals surface area contributed by atoms with E-state index in [1.807, 2.05) is 6.07 Å². The predicted molar refractivity (Wildman–Crippen MR) is 102 cm³/mol. The van der Waals surface area contributed by atoms with E-state index >= 15 is 0 Å². The van der Waals surface area contributed by atoms with Gasteiger partial charge in [-0.2, -0.15) is 0 Å². The Bertz CT molecular complexity index is 1010. The van der Waals surface area contributed by atoms with Gasteiger partial charge in [0.25, 0.3) is 5.91 Å². The van der Waals surface area contributed by atoms with E-state index in [0.717, 1.165) is 18.4 Å². The molecule has 140 valence electrons. The average Bonchev–Trinajstić information content (AvgIpc) is 2.94. The first-order chi connectivity index (χ1) is 13.1. The third-order valence-corrected chi connectivity index (χ3v) is 4.33. The smallest absolute Gasteiger partial charge is 0.299 e. The third kappa shape index (κ3) is 3.62. The molecule has 0 spiro atoms. The van der Waals surface area contributed by atoms with Crippen LogP contribution in [-0.2, 0) is 6.54 Å². The Morgan fingerprint density at radius 1 is 1.19 bits per heavy atom. The largest absolute Gasteiger partial charge is 0.507 e. The summed E-state index contributed by atoms with van der Waals surface area (Å²) < 4.78 is 7.00. The van der Waals surface area contributed by atoms with Gasteiger partial charge in [0.2, 0.25) is 5.88 Å². The number of fused-ring (bicyclic) bond motifs is 1. The van der Waals surface area contributed by atoms with Gasteiger partial charge in [-0.3, -0.25) is 4.79 Å². The number of rotatable bonds is 6. The number of phenols is 1. The number of ether oxygens (including phenoxy) is 1. The summed E-state index contributed by atoms with van der Waals surface area (Å²) in [4.78, 5) is 12.3. The number of aromatic hydroxyl groups is 2. The molecule has 0 fully saturated rings. The molecule has 0 atom stereocenters. The van der Waals surface area contributed by atoms with Gasteiger partial charge in [-0.05, 0) is 36.8 Å². The SMILES string of the molecule is CCCCn1c(O)c(N=NC(=O)c2ccccc2O)c2cc(OC)ccc21. The Kier molecular flexibility index (Phi) is 5.40. The van der Waals surface area contributed by atoms with E-state index in [1.54, 1.807) is 35.9 Å². The van der Waals surface area contributed by atoms with Crippen LogP contribution >= 0.6 is 0 Å². The first-order valence-corrected chi connectivity index (χ1v) is 8.70. The van der Waals surface area contributed by atoms with Crippen molar-refractivity contribution >= 4 is 22.5 Å². The van der Waals surface area contributed by atoms with Crippen LogP contribution in [0, 0.1) is 0 Å². The molecule has 0 aliphatic heterocycles. The summed E-state index contributed by atoms with van der Waals surface area (Å²) in [5, 5.41) is 28.8. The maximum Gasteiger partial charge on any atom is 0.299 e. The van der Waals surface area contributed by atoms with Crippen LogP contribution < -0.4 is 4.74 Å². The number of unbranched alkanes of at least 4 members (excludes halogenated alkanes) is 1. The number of azo groups is 1. The molecule has 27 heavy (non-hydrogen) atoms. The number of nitrogens with zero attached hydrogens (tertiary/aromatic N) is 3. The summed E-state index contributed by atoms with van der Waals surface area (Å²) in [6.07, 6.45) is 1.86. The average molecular weight is 367 g/mol. The second-order valence-corrected chi connectivity index (χ2v) is 6.08. The maximum absolute atomic E-state index is 12.3. The quantitative estimate of drug-likeness (QED) is 0.612. The monoisotopic (exact) mass is 367 g/mol. The molecule has 0 aliphatic rings. The van der Waals surface area contributed by atoms with Crippen LogP contribution in [0.1, 0.15) is 30.1 Å². The Morgan fingerprint density at radius 3 is 2.67 bits per heavy atom. The molecule has 3 rings (SSSR count). The number of phenolic OH excluding ortho intramolecular Hbond substituents is 1. The second-order valence-electron chi connectivity index (χ2n) is 6.08. The molecule has 1 heterocycles. The first-order valence-electron chi connectivity index (χ1n) is 8.70. The van der Waals surface area contributed by atoms with Gasteiger partial charge in [0.15, 0.2) is 5.69 Å². The molecular weight excluding hydrogens is 346 g/mol. The van der Waals surface area contributed by atoms with Crippen molar-refractivity contribution in [3.05, 3.63) is 48.0 Å². The van der Waals surface area contributed by atoms with E-state index in [9.17, 15) is 15.0 Å². The van der Waals surface area contributed by atoms with Crippen LogP contribution in [0.25, 0.3) is 10.9 Å². The van der Waals surface area contributed by atoms with Gasteiger partial charge in [-0.1, -0.05) is 25.5 Å². The summed E-state index contributed by atoms with van der Waals surface area (Å²) in [5.41, 5.74) is 1.03. The lowest BCUT2D eigenvalue weighted by Gasteiger charge is -2.05. The molecule has 0 saturated heterocycles. The van der Waals surface area contributed by atoms with Crippen LogP contribution in [0.15, 0.2) is 52.7 Å². The molecular formula is C20H21N3O4. The van der Waals surface area contributed by atoms with Gasteiger partial charge in [0.05, 0.1) is 18.2 Å². The van der Waals surface area contributed by atoms with Gasteiger partial charge < -0.3 is 19.5 Å². The molecule has 1 amide bonds. The van der Waals surface area contributed by atoms with E-state index in [1.165, 1.54) is 12.1 Å². The second kappa shape index (κ2) is 7.90. The molecule has 2 aromatic carbocycles. The summed E-state index contributed by atoms with van der Waals surface area (Å²) in [5.74, 6) is -0.304. The lowest BCUT2D eigenvalue weighted by atomic mass is 10.2. The van der Waals surface area contributed by atoms with E-state index in [2.05, 4.69) is 17.2 Å². The van der Waals surface area contributed by atoms with Crippen LogP contribution in [-0.4, -0.2) is 27.8 Å². The van der Waals surface area contributed by atoms with E-state index in [-0.39, 0.29) is 22.9 Å². The molecule has 2 N–H and O–H groups in total. The molecule has 7 heteroatoms. The van der Waals surface area contributed by atoms with Crippen molar-refractivity contribution in [3.63, 3.8) is 0 Å². The van der Waals surface area contributed by atoms with Crippen molar-refractivity contribution in [3.8, 4) is 17.4 Å². The lowest BCUT2D eigenvalue weighted by Crippen LogP contribution is -1.96. The summed E-state index contributed by atoms with van der Waals surface area (Å²) in [6, 6.07) is 11.5. The minimum absolute atomic E-state index is 0.0491. The summed E-state index contributed by atoms with van der Waals surface area (Å²) >= 11 is 0. The van der Waals surface area contributed by atoms with Crippen LogP contribution in [0.5, 0.6) is 17.4 Å². The third-order valence-electron chi connectivity index (χ3n) is 4.33. The van der Waals surface area contributed by atoms with E-state index in [4.69, 9.17) is 4.74 Å². The summed E-state index contributed by atoms with van der Waals surface area (Å²) in [6.45, 7) is 2.69. The van der Waals surface area contributed by atoms with Crippen molar-refractivity contribution in [2.24, 2.45) is 10.2 Å². The van der Waals surface area contributed by atoms with E-state index in [0.29, 0.717) is 17.7 Å². The Labute approximate surface area is 156 Å². The molecule has 3 aromatic rings. The van der Waals surface area contributed by atoms with Crippen molar-refractivity contribution in [2.75, 3.05) is 7.11 Å². The van der Waals surface area contributed by atoms with Crippen LogP contribution in [0.4, 0.5) is 5.69 Å². The predicted octanol–water partition coefficient (Wildman–Crippen LogP) is 4.79. The zero-order valence-corrected chi connectivity index (χ0v) is 15.2. The highest BCUT2D eigenvalue weighted by molar-refractivity contribution is 5.99. The zero-order valence-electron chi connectivity index (χ0n) is 15.2. The Hall–Kier alpha value is -3.35. The van der Waals surface area contributed by atoms with Crippen LogP contribution in [0.3, 0.4) is 0 Å². The van der Waals surface area contributed by atoms with Crippen molar-refractivity contribution in [1.29, 1.82) is 0 Å². The van der Waals surface area contributed by atoms with Gasteiger partial charge in [0.1, 0.15) is 11.5 Å². The zero-order chi connectivity index (χ0) is 19.4. The highest BCUT2D eigenvalue weighted by Crippen LogP contribution is 2.40. The number of hydrogen-bond donors (Lipinski definition) is 2. The molecule has 7 nitrogen and oxygen atoms in total. The van der Waals surface area contributed by atoms with E-state index < -0.39 is 5.91 Å². The normalized spacial score (nSPS) is 11.3. The number of carbonyl (C=O) groups is 1. The topological polar surface area (TPSA) is 96.4 Å². The summed E-state index contributed by atoms with van der Waals surface area (Å²) in [7, 11) is 1.55. The molecule has 1 aromatic heterocycles. The number of methoxy groups -OCH3 is 1. The number of para-hydroxylation sites is 1. The van der Waals surface area contributed by atoms with Crippen molar-refractivity contribution < 1.29 is 19.7 Å². The molecule has 0 unspecified atom stereocenters. The molecule has 0 radical (unpaired) electrons. The molecule has 0 aliphatic carbocycles. The number of aromatic nitrogens is 1. The fourth-order valence-electron chi connectivity index (χ4n) is 2.87. The highest BCUT2D eigenvalue weighted by Gasteiger charge is 2.18. The fraction of sp³-hybridized carbons (Fsp3) is 0.250. The number of hydrogen-bond acceptors (Lipinski definition) is 5. The Morgan fingerprint density at radius 2 is 1.96 bits per heavy atom. The standard InChI is InChI=1S/C20H21N3O4/c1-3-4-11-23-16-10-9-13(27-2)12-15(16)18(20(23)26)21-22-19(25)14-7-5-6-8-17(14)24/h5-10,12,24,26H,3-4,11H2,1-2H3. The number of benzene rings is 2. The fourth-order valence-corrected chi connectivity index (χ4v) is 2.87. The van der Waals surface area contributed by atoms with Crippen molar-refractivity contribution in [2.45, 2.75) is 26.3 Å². The number of carbonyl (C=O) groups excluding carboxylic acids is 1. The molecule has 0 bridgehead atoms. The lowest BCUT2D eigenvalue weighted by molar-refractivity contribution is 0.0992. The van der Waals surface area contributed by atoms with Gasteiger partial charge in [-0.15, -0.1) is 10.2 Å². The first kappa shape index (κ1) is 18.4. The van der Waals surface area contributed by atoms with Gasteiger partial charge in [-0.25, -0.2) is 0 Å². The molecule has 0 saturated carbocycles. The Balaban J connectivity index is 2.05. The van der Waals surface area contributed by atoms with Gasteiger partial charge >= 0.3 is 0 Å². The number of amides is 1. The van der Waals surface area contributed by atoms with Crippen molar-refractivity contribution in [1.82, 2.24) is 4.57 Å². The highest BCUT2D eigenvalue weighted by atomic mass is 16.5. The van der Waals surface area contributed by atoms with Crippen LogP contribution in [0.2, 0.25) is 0 Å². The maximum atomic E-state index is 12.3.